The second-order valence-electron chi connectivity index (χ2n) is 4.99. The smallest absolute Gasteiger partial charge is 0.310 e. The fraction of sp³-hybridized carbons (Fsp3) is 0.500. The Hall–Kier alpha value is -1.88. The first-order valence-corrected chi connectivity index (χ1v) is 7.25. The molecule has 1 aromatic carbocycles. The van der Waals surface area contributed by atoms with Crippen molar-refractivity contribution in [2.75, 3.05) is 18.5 Å². The van der Waals surface area contributed by atoms with Crippen molar-refractivity contribution >= 4 is 17.6 Å². The molecule has 0 fully saturated rings. The Morgan fingerprint density at radius 2 is 2.10 bits per heavy atom. The Morgan fingerprint density at radius 3 is 2.76 bits per heavy atom. The van der Waals surface area contributed by atoms with Crippen molar-refractivity contribution in [2.45, 2.75) is 39.0 Å². The summed E-state index contributed by atoms with van der Waals surface area (Å²) in [6.45, 7) is 4.32. The maximum Gasteiger partial charge on any atom is 0.310 e. The van der Waals surface area contributed by atoms with Crippen LogP contribution in [0.5, 0.6) is 0 Å². The number of ether oxygens (including phenoxy) is 1. The number of carbonyl (C=O) groups is 2. The zero-order valence-electron chi connectivity index (χ0n) is 12.6. The van der Waals surface area contributed by atoms with Gasteiger partial charge in [0.25, 0.3) is 0 Å². The first-order valence-electron chi connectivity index (χ1n) is 7.25. The SMILES string of the molecule is CCCCCOCC(=O)Nc1cccc(C(C)C(=O)O)c1. The van der Waals surface area contributed by atoms with Crippen LogP contribution in [-0.2, 0) is 14.3 Å². The minimum absolute atomic E-state index is 0.0163. The largest absolute Gasteiger partial charge is 0.481 e. The molecule has 0 saturated heterocycles. The number of hydrogen-bond acceptors (Lipinski definition) is 3. The Bertz CT molecular complexity index is 473. The van der Waals surface area contributed by atoms with Crippen LogP contribution in [0.3, 0.4) is 0 Å². The Morgan fingerprint density at radius 1 is 1.33 bits per heavy atom. The quantitative estimate of drug-likeness (QED) is 0.686. The maximum absolute atomic E-state index is 11.7. The second-order valence-corrected chi connectivity index (χ2v) is 4.99. The number of carbonyl (C=O) groups excluding carboxylic acids is 1. The average Bonchev–Trinajstić information content (AvgIpc) is 2.46. The topological polar surface area (TPSA) is 75.6 Å². The monoisotopic (exact) mass is 293 g/mol. The van der Waals surface area contributed by atoms with Crippen molar-refractivity contribution in [1.82, 2.24) is 0 Å². The molecule has 0 bridgehead atoms. The molecule has 0 aromatic heterocycles. The summed E-state index contributed by atoms with van der Waals surface area (Å²) in [7, 11) is 0. The molecule has 0 radical (unpaired) electrons. The Balaban J connectivity index is 2.45. The highest BCUT2D eigenvalue weighted by Gasteiger charge is 2.14. The minimum Gasteiger partial charge on any atom is -0.481 e. The third-order valence-electron chi connectivity index (χ3n) is 3.17. The zero-order valence-corrected chi connectivity index (χ0v) is 12.6. The van der Waals surface area contributed by atoms with Gasteiger partial charge in [-0.2, -0.15) is 0 Å². The molecular formula is C16H23NO4. The third-order valence-corrected chi connectivity index (χ3v) is 3.17. The van der Waals surface area contributed by atoms with Gasteiger partial charge in [-0.1, -0.05) is 31.9 Å². The van der Waals surface area contributed by atoms with Crippen LogP contribution in [0.25, 0.3) is 0 Å². The van der Waals surface area contributed by atoms with Crippen LogP contribution in [0.2, 0.25) is 0 Å². The van der Waals surface area contributed by atoms with Gasteiger partial charge in [-0.25, -0.2) is 0 Å². The van der Waals surface area contributed by atoms with E-state index in [4.69, 9.17) is 9.84 Å². The Labute approximate surface area is 125 Å². The number of carboxylic acid groups (broad SMARTS) is 1. The number of anilines is 1. The summed E-state index contributed by atoms with van der Waals surface area (Å²) in [6.07, 6.45) is 3.16. The molecule has 1 atom stereocenters. The standard InChI is InChI=1S/C16H23NO4/c1-3-4-5-9-21-11-15(18)17-14-8-6-7-13(10-14)12(2)16(19)20/h6-8,10,12H,3-5,9,11H2,1-2H3,(H,17,18)(H,19,20). The molecule has 0 spiro atoms. The second kappa shape index (κ2) is 9.13. The van der Waals surface area contributed by atoms with E-state index in [-0.39, 0.29) is 12.5 Å². The van der Waals surface area contributed by atoms with Crippen LogP contribution >= 0.6 is 0 Å². The first kappa shape index (κ1) is 17.2. The number of benzene rings is 1. The number of carboxylic acids is 1. The summed E-state index contributed by atoms with van der Waals surface area (Å²) < 4.78 is 5.28. The van der Waals surface area contributed by atoms with E-state index in [9.17, 15) is 9.59 Å². The van der Waals surface area contributed by atoms with Gasteiger partial charge in [-0.15, -0.1) is 0 Å². The van der Waals surface area contributed by atoms with E-state index < -0.39 is 11.9 Å². The van der Waals surface area contributed by atoms with E-state index in [1.807, 2.05) is 0 Å². The van der Waals surface area contributed by atoms with Crippen LogP contribution in [-0.4, -0.2) is 30.2 Å². The highest BCUT2D eigenvalue weighted by atomic mass is 16.5. The van der Waals surface area contributed by atoms with Crippen LogP contribution in [0, 0.1) is 0 Å². The third kappa shape index (κ3) is 6.40. The summed E-state index contributed by atoms with van der Waals surface area (Å²) in [4.78, 5) is 22.7. The molecule has 5 nitrogen and oxygen atoms in total. The predicted octanol–water partition coefficient (Wildman–Crippen LogP) is 3.02. The molecule has 1 rings (SSSR count). The molecule has 116 valence electrons. The van der Waals surface area contributed by atoms with E-state index in [0.29, 0.717) is 17.9 Å². The van der Waals surface area contributed by atoms with Gasteiger partial charge in [0.1, 0.15) is 6.61 Å². The molecule has 1 aromatic rings. The lowest BCUT2D eigenvalue weighted by molar-refractivity contribution is -0.138. The number of aliphatic carboxylic acids is 1. The van der Waals surface area contributed by atoms with Crippen LogP contribution in [0.1, 0.15) is 44.6 Å². The molecular weight excluding hydrogens is 270 g/mol. The maximum atomic E-state index is 11.7. The summed E-state index contributed by atoms with van der Waals surface area (Å²) in [5.74, 6) is -1.73. The van der Waals surface area contributed by atoms with Crippen molar-refractivity contribution in [3.05, 3.63) is 29.8 Å². The molecule has 0 heterocycles. The fourth-order valence-electron chi connectivity index (χ4n) is 1.84. The van der Waals surface area contributed by atoms with Gasteiger partial charge in [-0.3, -0.25) is 9.59 Å². The van der Waals surface area contributed by atoms with Gasteiger partial charge in [0, 0.05) is 12.3 Å². The van der Waals surface area contributed by atoms with Gasteiger partial charge >= 0.3 is 5.97 Å². The molecule has 2 N–H and O–H groups in total. The van der Waals surface area contributed by atoms with Gasteiger partial charge in [0.05, 0.1) is 5.92 Å². The van der Waals surface area contributed by atoms with Crippen molar-refractivity contribution in [3.8, 4) is 0 Å². The number of nitrogens with one attached hydrogen (secondary N) is 1. The highest BCUT2D eigenvalue weighted by Crippen LogP contribution is 2.19. The van der Waals surface area contributed by atoms with Crippen LogP contribution in [0.4, 0.5) is 5.69 Å². The lowest BCUT2D eigenvalue weighted by Gasteiger charge is -2.10. The minimum atomic E-state index is -0.891. The van der Waals surface area contributed by atoms with Crippen molar-refractivity contribution in [1.29, 1.82) is 0 Å². The molecule has 1 amide bonds. The van der Waals surface area contributed by atoms with Gasteiger partial charge in [-0.05, 0) is 31.0 Å². The number of rotatable bonds is 9. The molecule has 0 aliphatic carbocycles. The van der Waals surface area contributed by atoms with Crippen LogP contribution < -0.4 is 5.32 Å². The predicted molar refractivity (Wildman–Crippen MR) is 81.5 cm³/mol. The molecule has 0 saturated carbocycles. The molecule has 0 aliphatic rings. The molecule has 1 unspecified atom stereocenters. The fourth-order valence-corrected chi connectivity index (χ4v) is 1.84. The lowest BCUT2D eigenvalue weighted by atomic mass is 10.0. The van der Waals surface area contributed by atoms with Crippen molar-refractivity contribution in [3.63, 3.8) is 0 Å². The number of unbranched alkanes of at least 4 members (excludes halogenated alkanes) is 2. The van der Waals surface area contributed by atoms with Crippen molar-refractivity contribution < 1.29 is 19.4 Å². The average molecular weight is 293 g/mol. The van der Waals surface area contributed by atoms with E-state index in [1.165, 1.54) is 0 Å². The Kier molecular flexibility index (Phi) is 7.46. The van der Waals surface area contributed by atoms with Gasteiger partial charge in [0.15, 0.2) is 0 Å². The summed E-state index contributed by atoms with van der Waals surface area (Å²) in [6, 6.07) is 6.86. The van der Waals surface area contributed by atoms with E-state index in [1.54, 1.807) is 31.2 Å². The normalized spacial score (nSPS) is 11.9. The van der Waals surface area contributed by atoms with E-state index in [2.05, 4.69) is 12.2 Å². The molecule has 21 heavy (non-hydrogen) atoms. The lowest BCUT2D eigenvalue weighted by Crippen LogP contribution is -2.19. The summed E-state index contributed by atoms with van der Waals surface area (Å²) >= 11 is 0. The molecule has 0 aliphatic heterocycles. The van der Waals surface area contributed by atoms with Gasteiger partial charge < -0.3 is 15.2 Å². The van der Waals surface area contributed by atoms with Crippen molar-refractivity contribution in [2.24, 2.45) is 0 Å². The number of amides is 1. The molecule has 5 heteroatoms. The summed E-state index contributed by atoms with van der Waals surface area (Å²) in [5, 5.41) is 11.7. The van der Waals surface area contributed by atoms with Crippen LogP contribution in [0.15, 0.2) is 24.3 Å². The zero-order chi connectivity index (χ0) is 15.7. The highest BCUT2D eigenvalue weighted by molar-refractivity contribution is 5.92. The number of hydrogen-bond donors (Lipinski definition) is 2. The van der Waals surface area contributed by atoms with E-state index >= 15 is 0 Å². The first-order chi connectivity index (χ1) is 10.0. The van der Waals surface area contributed by atoms with Gasteiger partial charge in [0.2, 0.25) is 5.91 Å². The van der Waals surface area contributed by atoms with E-state index in [0.717, 1.165) is 19.3 Å². The summed E-state index contributed by atoms with van der Waals surface area (Å²) in [5.41, 5.74) is 1.24.